The number of rotatable bonds is 8. The Labute approximate surface area is 131 Å². The molecule has 1 atom stereocenters. The van der Waals surface area contributed by atoms with Crippen molar-refractivity contribution in [1.82, 2.24) is 5.32 Å². The van der Waals surface area contributed by atoms with E-state index in [9.17, 15) is 4.39 Å². The number of para-hydroxylation sites is 1. The van der Waals surface area contributed by atoms with Gasteiger partial charge in [0.25, 0.3) is 0 Å². The molecular weight excluding hydrogens is 281 g/mol. The van der Waals surface area contributed by atoms with Gasteiger partial charge in [-0.2, -0.15) is 0 Å². The summed E-state index contributed by atoms with van der Waals surface area (Å²) in [5.41, 5.74) is 1.20. The number of hydrogen-bond acceptors (Lipinski definition) is 3. The minimum atomic E-state index is -0.329. The highest BCUT2D eigenvalue weighted by atomic mass is 19.1. The zero-order valence-electron chi connectivity index (χ0n) is 13.0. The lowest BCUT2D eigenvalue weighted by Gasteiger charge is -2.18. The largest absolute Gasteiger partial charge is 0.497 e. The van der Waals surface area contributed by atoms with E-state index < -0.39 is 0 Å². The van der Waals surface area contributed by atoms with Crippen LogP contribution in [0.4, 0.5) is 4.39 Å². The van der Waals surface area contributed by atoms with E-state index >= 15 is 0 Å². The van der Waals surface area contributed by atoms with Crippen LogP contribution in [0.5, 0.6) is 11.5 Å². The summed E-state index contributed by atoms with van der Waals surface area (Å²) < 4.78 is 24.0. The van der Waals surface area contributed by atoms with E-state index in [0.29, 0.717) is 18.9 Å². The van der Waals surface area contributed by atoms with Crippen molar-refractivity contribution in [3.05, 3.63) is 59.9 Å². The summed E-state index contributed by atoms with van der Waals surface area (Å²) >= 11 is 0. The van der Waals surface area contributed by atoms with Gasteiger partial charge in [0.2, 0.25) is 0 Å². The Hall–Kier alpha value is -2.07. The van der Waals surface area contributed by atoms with Crippen LogP contribution in [0.25, 0.3) is 0 Å². The van der Waals surface area contributed by atoms with Crippen molar-refractivity contribution in [1.29, 1.82) is 0 Å². The van der Waals surface area contributed by atoms with Crippen LogP contribution >= 0.6 is 0 Å². The highest BCUT2D eigenvalue weighted by Gasteiger charge is 2.09. The SMILES string of the molecule is CCC(NCCOc1ccccc1F)c1ccc(OC)cc1. The van der Waals surface area contributed by atoms with Crippen LogP contribution in [0.2, 0.25) is 0 Å². The second-order valence-electron chi connectivity index (χ2n) is 4.97. The molecule has 0 spiro atoms. The number of halogens is 1. The normalized spacial score (nSPS) is 12.0. The number of nitrogens with one attached hydrogen (secondary N) is 1. The lowest BCUT2D eigenvalue weighted by atomic mass is 10.0. The first-order valence-corrected chi connectivity index (χ1v) is 7.49. The maximum atomic E-state index is 13.4. The van der Waals surface area contributed by atoms with Crippen LogP contribution in [0.1, 0.15) is 24.9 Å². The van der Waals surface area contributed by atoms with Crippen LogP contribution in [0, 0.1) is 5.82 Å². The summed E-state index contributed by atoms with van der Waals surface area (Å²) in [5.74, 6) is 0.813. The average molecular weight is 303 g/mol. The highest BCUT2D eigenvalue weighted by molar-refractivity contribution is 5.29. The first kappa shape index (κ1) is 16.3. The van der Waals surface area contributed by atoms with Gasteiger partial charge in [0.15, 0.2) is 11.6 Å². The second kappa shape index (κ2) is 8.39. The number of hydrogen-bond donors (Lipinski definition) is 1. The predicted octanol–water partition coefficient (Wildman–Crippen LogP) is 3.95. The third-order valence-corrected chi connectivity index (χ3v) is 3.51. The Balaban J connectivity index is 1.82. The smallest absolute Gasteiger partial charge is 0.165 e. The Bertz CT molecular complexity index is 572. The Kier molecular flexibility index (Phi) is 6.22. The van der Waals surface area contributed by atoms with Gasteiger partial charge in [-0.15, -0.1) is 0 Å². The van der Waals surface area contributed by atoms with Gasteiger partial charge in [-0.05, 0) is 36.2 Å². The van der Waals surface area contributed by atoms with Gasteiger partial charge >= 0.3 is 0 Å². The number of benzene rings is 2. The average Bonchev–Trinajstić information content (AvgIpc) is 2.57. The molecule has 0 aromatic heterocycles. The molecule has 1 unspecified atom stereocenters. The Morgan fingerprint density at radius 1 is 1.09 bits per heavy atom. The molecule has 4 heteroatoms. The van der Waals surface area contributed by atoms with Gasteiger partial charge in [0, 0.05) is 12.6 Å². The van der Waals surface area contributed by atoms with Crippen molar-refractivity contribution in [2.24, 2.45) is 0 Å². The van der Waals surface area contributed by atoms with Crippen LogP contribution in [-0.4, -0.2) is 20.3 Å². The van der Waals surface area contributed by atoms with Crippen molar-refractivity contribution in [2.75, 3.05) is 20.3 Å². The maximum absolute atomic E-state index is 13.4. The molecule has 0 radical (unpaired) electrons. The first-order valence-electron chi connectivity index (χ1n) is 7.49. The molecule has 0 aliphatic carbocycles. The lowest BCUT2D eigenvalue weighted by Crippen LogP contribution is -2.26. The van der Waals surface area contributed by atoms with Crippen molar-refractivity contribution in [3.63, 3.8) is 0 Å². The molecule has 0 aliphatic heterocycles. The number of methoxy groups -OCH3 is 1. The topological polar surface area (TPSA) is 30.5 Å². The number of ether oxygens (including phenoxy) is 2. The molecule has 0 amide bonds. The summed E-state index contributed by atoms with van der Waals surface area (Å²) in [5, 5.41) is 3.42. The van der Waals surface area contributed by atoms with Gasteiger partial charge < -0.3 is 14.8 Å². The molecule has 2 aromatic rings. The molecule has 0 aliphatic rings. The fourth-order valence-corrected chi connectivity index (χ4v) is 2.29. The van der Waals surface area contributed by atoms with Gasteiger partial charge in [-0.25, -0.2) is 4.39 Å². The molecule has 0 saturated carbocycles. The molecule has 0 fully saturated rings. The van der Waals surface area contributed by atoms with E-state index in [-0.39, 0.29) is 11.9 Å². The van der Waals surface area contributed by atoms with E-state index in [1.54, 1.807) is 25.3 Å². The zero-order chi connectivity index (χ0) is 15.8. The molecule has 22 heavy (non-hydrogen) atoms. The molecule has 2 aromatic carbocycles. The summed E-state index contributed by atoms with van der Waals surface area (Å²) in [4.78, 5) is 0. The standard InChI is InChI=1S/C18H22FNO2/c1-3-17(14-8-10-15(21-2)11-9-14)20-12-13-22-18-7-5-4-6-16(18)19/h4-11,17,20H,3,12-13H2,1-2H3. The van der Waals surface area contributed by atoms with E-state index in [2.05, 4.69) is 24.4 Å². The van der Waals surface area contributed by atoms with Gasteiger partial charge in [-0.1, -0.05) is 31.2 Å². The molecule has 0 heterocycles. The summed E-state index contributed by atoms with van der Waals surface area (Å²) in [6.45, 7) is 3.20. The van der Waals surface area contributed by atoms with Crippen molar-refractivity contribution >= 4 is 0 Å². The summed E-state index contributed by atoms with van der Waals surface area (Å²) in [6.07, 6.45) is 0.964. The van der Waals surface area contributed by atoms with Gasteiger partial charge in [0.1, 0.15) is 12.4 Å². The van der Waals surface area contributed by atoms with E-state index in [1.165, 1.54) is 11.6 Å². The van der Waals surface area contributed by atoms with Crippen molar-refractivity contribution in [3.8, 4) is 11.5 Å². The molecule has 3 nitrogen and oxygen atoms in total. The molecule has 118 valence electrons. The Morgan fingerprint density at radius 3 is 2.45 bits per heavy atom. The Morgan fingerprint density at radius 2 is 1.82 bits per heavy atom. The van der Waals surface area contributed by atoms with Crippen LogP contribution in [0.15, 0.2) is 48.5 Å². The molecule has 0 bridgehead atoms. The van der Waals surface area contributed by atoms with E-state index in [0.717, 1.165) is 12.2 Å². The van der Waals surface area contributed by atoms with Crippen LogP contribution < -0.4 is 14.8 Å². The maximum Gasteiger partial charge on any atom is 0.165 e. The highest BCUT2D eigenvalue weighted by Crippen LogP contribution is 2.20. The fourth-order valence-electron chi connectivity index (χ4n) is 2.29. The molecule has 2 rings (SSSR count). The van der Waals surface area contributed by atoms with Gasteiger partial charge in [-0.3, -0.25) is 0 Å². The first-order chi connectivity index (χ1) is 10.7. The minimum absolute atomic E-state index is 0.245. The zero-order valence-corrected chi connectivity index (χ0v) is 13.0. The minimum Gasteiger partial charge on any atom is -0.497 e. The van der Waals surface area contributed by atoms with Crippen molar-refractivity contribution in [2.45, 2.75) is 19.4 Å². The molecule has 0 saturated heterocycles. The van der Waals surface area contributed by atoms with Crippen LogP contribution in [0.3, 0.4) is 0 Å². The molecular formula is C18H22FNO2. The molecule has 1 N–H and O–H groups in total. The summed E-state index contributed by atoms with van der Waals surface area (Å²) in [7, 11) is 1.66. The fraction of sp³-hybridized carbons (Fsp3) is 0.333. The quantitative estimate of drug-likeness (QED) is 0.749. The van der Waals surface area contributed by atoms with Gasteiger partial charge in [0.05, 0.1) is 7.11 Å². The monoisotopic (exact) mass is 303 g/mol. The third kappa shape index (κ3) is 4.46. The predicted molar refractivity (Wildman–Crippen MR) is 85.9 cm³/mol. The third-order valence-electron chi connectivity index (χ3n) is 3.51. The van der Waals surface area contributed by atoms with E-state index in [1.807, 2.05) is 12.1 Å². The van der Waals surface area contributed by atoms with Crippen molar-refractivity contribution < 1.29 is 13.9 Å². The second-order valence-corrected chi connectivity index (χ2v) is 4.97. The van der Waals surface area contributed by atoms with Crippen LogP contribution in [-0.2, 0) is 0 Å². The summed E-state index contributed by atoms with van der Waals surface area (Å²) in [6, 6.07) is 14.7. The lowest BCUT2D eigenvalue weighted by molar-refractivity contribution is 0.290. The van der Waals surface area contributed by atoms with E-state index in [4.69, 9.17) is 9.47 Å².